The van der Waals surface area contributed by atoms with Gasteiger partial charge in [0, 0.05) is 13.1 Å². The van der Waals surface area contributed by atoms with Crippen LogP contribution in [0.4, 0.5) is 0 Å². The Balaban J connectivity index is 2.54. The summed E-state index contributed by atoms with van der Waals surface area (Å²) in [7, 11) is 2.57. The molecule has 0 bridgehead atoms. The number of nitrogens with one attached hydrogen (secondary N) is 1. The van der Waals surface area contributed by atoms with Crippen molar-refractivity contribution in [1.82, 2.24) is 5.32 Å². The molecule has 0 saturated heterocycles. The molecule has 1 N–H and O–H groups in total. The second-order valence-corrected chi connectivity index (χ2v) is 3.75. The van der Waals surface area contributed by atoms with Gasteiger partial charge in [-0.2, -0.15) is 0 Å². The van der Waals surface area contributed by atoms with Crippen molar-refractivity contribution >= 4 is 11.9 Å². The van der Waals surface area contributed by atoms with E-state index in [4.69, 9.17) is 0 Å². The van der Waals surface area contributed by atoms with Gasteiger partial charge in [0.05, 0.1) is 25.3 Å². The summed E-state index contributed by atoms with van der Waals surface area (Å²) in [5.41, 5.74) is 2.53. The molecule has 0 saturated carbocycles. The first-order valence-corrected chi connectivity index (χ1v) is 5.20. The molecule has 0 atom stereocenters. The van der Waals surface area contributed by atoms with Crippen molar-refractivity contribution < 1.29 is 19.1 Å². The van der Waals surface area contributed by atoms with Gasteiger partial charge in [0.1, 0.15) is 0 Å². The lowest BCUT2D eigenvalue weighted by Gasteiger charge is -2.08. The van der Waals surface area contributed by atoms with Crippen molar-refractivity contribution in [2.24, 2.45) is 0 Å². The molecule has 0 amide bonds. The van der Waals surface area contributed by atoms with Gasteiger partial charge < -0.3 is 14.8 Å². The molecular formula is C12H13NO4. The highest BCUT2D eigenvalue weighted by Crippen LogP contribution is 2.22. The first-order chi connectivity index (χ1) is 8.17. The van der Waals surface area contributed by atoms with Crippen LogP contribution in [-0.2, 0) is 22.6 Å². The van der Waals surface area contributed by atoms with Gasteiger partial charge in [0.25, 0.3) is 0 Å². The van der Waals surface area contributed by atoms with E-state index in [1.54, 1.807) is 12.1 Å². The van der Waals surface area contributed by atoms with Crippen LogP contribution < -0.4 is 5.32 Å². The third-order valence-electron chi connectivity index (χ3n) is 2.78. The Labute approximate surface area is 98.7 Å². The van der Waals surface area contributed by atoms with Gasteiger partial charge in [-0.1, -0.05) is 0 Å². The lowest BCUT2D eigenvalue weighted by Crippen LogP contribution is -2.12. The quantitative estimate of drug-likeness (QED) is 0.770. The van der Waals surface area contributed by atoms with Crippen molar-refractivity contribution in [1.29, 1.82) is 0 Å². The second kappa shape index (κ2) is 4.55. The number of hydrogen-bond acceptors (Lipinski definition) is 5. The molecule has 0 aromatic heterocycles. The van der Waals surface area contributed by atoms with E-state index in [0.717, 1.165) is 11.1 Å². The molecule has 0 aliphatic carbocycles. The standard InChI is InChI=1S/C12H13NO4/c1-16-11(14)9-3-7-5-13-6-8(7)4-10(9)12(15)17-2/h3-4,13H,5-6H2,1-2H3. The molecule has 1 aliphatic heterocycles. The van der Waals surface area contributed by atoms with E-state index < -0.39 is 11.9 Å². The highest BCUT2D eigenvalue weighted by molar-refractivity contribution is 6.03. The SMILES string of the molecule is COC(=O)c1cc2c(cc1C(=O)OC)CNC2. The van der Waals surface area contributed by atoms with Gasteiger partial charge in [-0.15, -0.1) is 0 Å². The Hall–Kier alpha value is -1.88. The third-order valence-corrected chi connectivity index (χ3v) is 2.78. The van der Waals surface area contributed by atoms with Crippen molar-refractivity contribution in [3.05, 3.63) is 34.4 Å². The summed E-state index contributed by atoms with van der Waals surface area (Å²) in [5, 5.41) is 3.15. The van der Waals surface area contributed by atoms with Gasteiger partial charge in [-0.3, -0.25) is 0 Å². The van der Waals surface area contributed by atoms with Gasteiger partial charge in [0.15, 0.2) is 0 Å². The van der Waals surface area contributed by atoms with Crippen molar-refractivity contribution in [3.63, 3.8) is 0 Å². The number of methoxy groups -OCH3 is 2. The van der Waals surface area contributed by atoms with Crippen LogP contribution in [0.3, 0.4) is 0 Å². The first kappa shape index (κ1) is 11.6. The highest BCUT2D eigenvalue weighted by Gasteiger charge is 2.22. The monoisotopic (exact) mass is 235 g/mol. The fourth-order valence-electron chi connectivity index (χ4n) is 1.91. The normalized spacial score (nSPS) is 13.1. The average Bonchev–Trinajstić information content (AvgIpc) is 2.82. The molecule has 0 radical (unpaired) electrons. The van der Waals surface area contributed by atoms with Gasteiger partial charge in [0.2, 0.25) is 0 Å². The Morgan fingerprint density at radius 3 is 1.76 bits per heavy atom. The minimum Gasteiger partial charge on any atom is -0.465 e. The molecule has 0 fully saturated rings. The smallest absolute Gasteiger partial charge is 0.338 e. The largest absolute Gasteiger partial charge is 0.465 e. The molecule has 1 aromatic rings. The van der Waals surface area contributed by atoms with E-state index in [1.165, 1.54) is 14.2 Å². The van der Waals surface area contributed by atoms with E-state index in [2.05, 4.69) is 14.8 Å². The van der Waals surface area contributed by atoms with E-state index >= 15 is 0 Å². The summed E-state index contributed by atoms with van der Waals surface area (Å²) in [4.78, 5) is 23.2. The van der Waals surface area contributed by atoms with Crippen LogP contribution in [0.2, 0.25) is 0 Å². The molecule has 17 heavy (non-hydrogen) atoms. The van der Waals surface area contributed by atoms with Crippen molar-refractivity contribution in [2.45, 2.75) is 13.1 Å². The van der Waals surface area contributed by atoms with Crippen LogP contribution >= 0.6 is 0 Å². The summed E-state index contributed by atoms with van der Waals surface area (Å²) in [6.45, 7) is 1.39. The number of carbonyl (C=O) groups is 2. The topological polar surface area (TPSA) is 64.6 Å². The minimum atomic E-state index is -0.528. The number of fused-ring (bicyclic) bond motifs is 1. The first-order valence-electron chi connectivity index (χ1n) is 5.20. The number of esters is 2. The number of ether oxygens (including phenoxy) is 2. The molecular weight excluding hydrogens is 222 g/mol. The lowest BCUT2D eigenvalue weighted by molar-refractivity contribution is 0.0555. The number of benzene rings is 1. The Morgan fingerprint density at radius 2 is 1.41 bits per heavy atom. The zero-order valence-corrected chi connectivity index (χ0v) is 9.70. The summed E-state index contributed by atoms with van der Waals surface area (Å²) in [6, 6.07) is 3.38. The lowest BCUT2D eigenvalue weighted by atomic mass is 10.00. The molecule has 5 nitrogen and oxygen atoms in total. The molecule has 1 aromatic carbocycles. The second-order valence-electron chi connectivity index (χ2n) is 3.75. The molecule has 5 heteroatoms. The van der Waals surface area contributed by atoms with E-state index in [1.807, 2.05) is 0 Å². The summed E-state index contributed by atoms with van der Waals surface area (Å²) < 4.78 is 9.33. The van der Waals surface area contributed by atoms with Crippen LogP contribution in [-0.4, -0.2) is 26.2 Å². The van der Waals surface area contributed by atoms with Crippen molar-refractivity contribution in [2.75, 3.05) is 14.2 Å². The zero-order chi connectivity index (χ0) is 12.4. The Morgan fingerprint density at radius 1 is 1.00 bits per heavy atom. The maximum atomic E-state index is 11.6. The van der Waals surface area contributed by atoms with Gasteiger partial charge in [-0.25, -0.2) is 9.59 Å². The Kier molecular flexibility index (Phi) is 3.10. The van der Waals surface area contributed by atoms with E-state index in [0.29, 0.717) is 13.1 Å². The van der Waals surface area contributed by atoms with E-state index in [9.17, 15) is 9.59 Å². The fraction of sp³-hybridized carbons (Fsp3) is 0.333. The predicted octanol–water partition coefficient (Wildman–Crippen LogP) is 0.863. The molecule has 90 valence electrons. The van der Waals surface area contributed by atoms with Crippen LogP contribution in [0.5, 0.6) is 0 Å². The highest BCUT2D eigenvalue weighted by atomic mass is 16.5. The molecule has 1 aliphatic rings. The van der Waals surface area contributed by atoms with Crippen LogP contribution in [0.25, 0.3) is 0 Å². The summed E-state index contributed by atoms with van der Waals surface area (Å²) >= 11 is 0. The fourth-order valence-corrected chi connectivity index (χ4v) is 1.91. The Bertz CT molecular complexity index is 439. The third kappa shape index (κ3) is 2.01. The summed E-state index contributed by atoms with van der Waals surface area (Å²) in [6.07, 6.45) is 0. The maximum absolute atomic E-state index is 11.6. The van der Waals surface area contributed by atoms with Crippen LogP contribution in [0.15, 0.2) is 12.1 Å². The number of carbonyl (C=O) groups excluding carboxylic acids is 2. The zero-order valence-electron chi connectivity index (χ0n) is 9.70. The van der Waals surface area contributed by atoms with Gasteiger partial charge in [-0.05, 0) is 23.3 Å². The molecule has 2 rings (SSSR count). The van der Waals surface area contributed by atoms with Crippen LogP contribution in [0, 0.1) is 0 Å². The summed E-state index contributed by atoms with van der Waals surface area (Å²) in [5.74, 6) is -1.06. The molecule has 0 unspecified atom stereocenters. The van der Waals surface area contributed by atoms with Gasteiger partial charge >= 0.3 is 11.9 Å². The predicted molar refractivity (Wildman–Crippen MR) is 59.7 cm³/mol. The molecule has 1 heterocycles. The maximum Gasteiger partial charge on any atom is 0.338 e. The average molecular weight is 235 g/mol. The number of hydrogen-bond donors (Lipinski definition) is 1. The van der Waals surface area contributed by atoms with Crippen molar-refractivity contribution in [3.8, 4) is 0 Å². The van der Waals surface area contributed by atoms with Crippen LogP contribution in [0.1, 0.15) is 31.8 Å². The minimum absolute atomic E-state index is 0.252. The number of rotatable bonds is 2. The van der Waals surface area contributed by atoms with E-state index in [-0.39, 0.29) is 11.1 Å². The molecule has 0 spiro atoms.